The Morgan fingerprint density at radius 2 is 1.69 bits per heavy atom. The Morgan fingerprint density at radius 3 is 2.25 bits per heavy atom. The topological polar surface area (TPSA) is 66.9 Å². The molecule has 2 aromatic rings. The lowest BCUT2D eigenvalue weighted by Crippen LogP contribution is -2.64. The van der Waals surface area contributed by atoms with Gasteiger partial charge in [-0.15, -0.1) is 0 Å². The molecule has 0 bridgehead atoms. The number of ether oxygens (including phenoxy) is 1. The molecule has 2 aliphatic heterocycles. The molecule has 2 saturated heterocycles. The van der Waals surface area contributed by atoms with Gasteiger partial charge >= 0.3 is 0 Å². The zero-order valence-electron chi connectivity index (χ0n) is 18.7. The largest absolute Gasteiger partial charge is 0.497 e. The van der Waals surface area contributed by atoms with Gasteiger partial charge in [-0.2, -0.15) is 4.31 Å². The molecule has 0 atom stereocenters. The number of halogens is 1. The van der Waals surface area contributed by atoms with Gasteiger partial charge in [0.15, 0.2) is 0 Å². The summed E-state index contributed by atoms with van der Waals surface area (Å²) >= 11 is 6.12. The molecule has 0 saturated carbocycles. The Hall–Kier alpha value is -2.09. The van der Waals surface area contributed by atoms with Crippen LogP contribution in [0.3, 0.4) is 0 Å². The first-order chi connectivity index (χ1) is 15.1. The molecule has 0 unspecified atom stereocenters. The van der Waals surface area contributed by atoms with E-state index in [0.717, 1.165) is 18.4 Å². The Morgan fingerprint density at radius 1 is 1.06 bits per heavy atom. The molecule has 0 aromatic heterocycles. The van der Waals surface area contributed by atoms with E-state index in [-0.39, 0.29) is 16.2 Å². The summed E-state index contributed by atoms with van der Waals surface area (Å²) in [7, 11) is -1.98. The summed E-state index contributed by atoms with van der Waals surface area (Å²) < 4.78 is 32.7. The molecule has 2 heterocycles. The first-order valence-corrected chi connectivity index (χ1v) is 12.6. The molecular weight excluding hydrogens is 448 g/mol. The second-order valence-electron chi connectivity index (χ2n) is 9.38. The van der Waals surface area contributed by atoms with Gasteiger partial charge in [0.1, 0.15) is 5.75 Å². The molecule has 8 heteroatoms. The van der Waals surface area contributed by atoms with Crippen LogP contribution in [0.2, 0.25) is 5.02 Å². The molecule has 2 aliphatic rings. The smallest absolute Gasteiger partial charge is 0.243 e. The third-order valence-corrected chi connectivity index (χ3v) is 9.05. The number of carbonyl (C=O) groups is 1. The molecule has 32 heavy (non-hydrogen) atoms. The maximum atomic E-state index is 13.2. The molecule has 2 aromatic carbocycles. The highest BCUT2D eigenvalue weighted by Gasteiger charge is 2.50. The van der Waals surface area contributed by atoms with E-state index in [4.69, 9.17) is 16.3 Å². The molecule has 1 spiro atoms. The van der Waals surface area contributed by atoms with Crippen LogP contribution in [0.4, 0.5) is 0 Å². The van der Waals surface area contributed by atoms with Crippen molar-refractivity contribution in [2.75, 3.05) is 33.3 Å². The third kappa shape index (κ3) is 4.14. The first kappa shape index (κ1) is 23.1. The molecule has 0 N–H and O–H groups in total. The number of methoxy groups -OCH3 is 1. The Balaban J connectivity index is 1.37. The lowest BCUT2D eigenvalue weighted by molar-refractivity contribution is -0.151. The fraction of sp³-hybridized carbons (Fsp3) is 0.458. The van der Waals surface area contributed by atoms with Gasteiger partial charge in [-0.1, -0.05) is 23.7 Å². The first-order valence-electron chi connectivity index (χ1n) is 10.8. The summed E-state index contributed by atoms with van der Waals surface area (Å²) in [5.41, 5.74) is 0.244. The summed E-state index contributed by atoms with van der Waals surface area (Å²) in [6.07, 6.45) is 1.51. The summed E-state index contributed by atoms with van der Waals surface area (Å²) in [6.45, 7) is 6.13. The summed E-state index contributed by atoms with van der Waals surface area (Å²) in [5, 5.41) is 0.619. The highest BCUT2D eigenvalue weighted by atomic mass is 35.5. The summed E-state index contributed by atoms with van der Waals surface area (Å²) in [4.78, 5) is 15.4. The van der Waals surface area contributed by atoms with Crippen molar-refractivity contribution in [2.45, 2.75) is 37.0 Å². The molecule has 4 rings (SSSR count). The monoisotopic (exact) mass is 476 g/mol. The number of hydrogen-bond acceptors (Lipinski definition) is 4. The van der Waals surface area contributed by atoms with Gasteiger partial charge < -0.3 is 9.64 Å². The van der Waals surface area contributed by atoms with Gasteiger partial charge in [0.05, 0.1) is 17.4 Å². The fourth-order valence-electron chi connectivity index (χ4n) is 4.72. The third-order valence-electron chi connectivity index (χ3n) is 6.90. The second-order valence-corrected chi connectivity index (χ2v) is 11.8. The maximum Gasteiger partial charge on any atom is 0.243 e. The van der Waals surface area contributed by atoms with Gasteiger partial charge in [-0.05, 0) is 68.7 Å². The second kappa shape index (κ2) is 8.36. The van der Waals surface area contributed by atoms with Gasteiger partial charge in [0.2, 0.25) is 15.9 Å². The predicted molar refractivity (Wildman–Crippen MR) is 124 cm³/mol. The van der Waals surface area contributed by atoms with Crippen LogP contribution < -0.4 is 4.74 Å². The summed E-state index contributed by atoms with van der Waals surface area (Å²) in [6, 6.07) is 13.9. The molecule has 1 amide bonds. The van der Waals surface area contributed by atoms with E-state index in [1.54, 1.807) is 41.7 Å². The number of likely N-dealkylation sites (tertiary alicyclic amines) is 1. The van der Waals surface area contributed by atoms with Crippen molar-refractivity contribution in [3.63, 3.8) is 0 Å². The van der Waals surface area contributed by atoms with Crippen molar-refractivity contribution in [3.8, 4) is 5.75 Å². The normalized spacial score (nSPS) is 18.9. The van der Waals surface area contributed by atoms with Crippen molar-refractivity contribution < 1.29 is 17.9 Å². The van der Waals surface area contributed by atoms with Crippen LogP contribution >= 0.6 is 11.6 Å². The SMILES string of the molecule is COc1ccc(S(=O)(=O)N2CCC3(CC2)CN(C(=O)C(C)(C)c2cccc(Cl)c2)C3)cc1. The minimum atomic E-state index is -3.53. The number of hydrogen-bond donors (Lipinski definition) is 0. The molecule has 6 nitrogen and oxygen atoms in total. The van der Waals surface area contributed by atoms with Crippen molar-refractivity contribution in [2.24, 2.45) is 5.41 Å². The predicted octanol–water partition coefficient (Wildman–Crippen LogP) is 3.94. The van der Waals surface area contributed by atoms with Gasteiger partial charge in [0, 0.05) is 36.6 Å². The molecule has 0 radical (unpaired) electrons. The van der Waals surface area contributed by atoms with Crippen LogP contribution in [-0.2, 0) is 20.2 Å². The van der Waals surface area contributed by atoms with E-state index in [1.165, 1.54) is 0 Å². The molecule has 2 fully saturated rings. The number of carbonyl (C=O) groups excluding carboxylic acids is 1. The van der Waals surface area contributed by atoms with Gasteiger partial charge in [-0.3, -0.25) is 4.79 Å². The number of nitrogens with zero attached hydrogens (tertiary/aromatic N) is 2. The summed E-state index contributed by atoms with van der Waals surface area (Å²) in [5.74, 6) is 0.708. The van der Waals surface area contributed by atoms with E-state index in [1.807, 2.05) is 36.9 Å². The van der Waals surface area contributed by atoms with E-state index < -0.39 is 15.4 Å². The molecule has 0 aliphatic carbocycles. The maximum absolute atomic E-state index is 13.2. The number of piperidine rings is 1. The Labute approximate surface area is 195 Å². The number of benzene rings is 2. The number of rotatable bonds is 5. The Bertz CT molecular complexity index is 1100. The minimum absolute atomic E-state index is 0.00595. The van der Waals surface area contributed by atoms with E-state index in [0.29, 0.717) is 37.0 Å². The quantitative estimate of drug-likeness (QED) is 0.655. The number of sulfonamides is 1. The highest BCUT2D eigenvalue weighted by molar-refractivity contribution is 7.89. The lowest BCUT2D eigenvalue weighted by atomic mass is 9.70. The van der Waals surface area contributed by atoms with Crippen LogP contribution in [0.1, 0.15) is 32.3 Å². The standard InChI is InChI=1S/C24H29ClN2O4S/c1-23(2,18-5-4-6-19(25)15-18)22(28)26-16-24(17-26)11-13-27(14-12-24)32(29,30)21-9-7-20(31-3)8-10-21/h4-10,15H,11-14,16-17H2,1-3H3. The minimum Gasteiger partial charge on any atom is -0.497 e. The lowest BCUT2D eigenvalue weighted by Gasteiger charge is -2.55. The van der Waals surface area contributed by atoms with Gasteiger partial charge in [-0.25, -0.2) is 8.42 Å². The van der Waals surface area contributed by atoms with Crippen LogP contribution in [0, 0.1) is 5.41 Å². The van der Waals surface area contributed by atoms with Crippen LogP contribution in [0.15, 0.2) is 53.4 Å². The van der Waals surface area contributed by atoms with E-state index in [2.05, 4.69) is 0 Å². The zero-order valence-corrected chi connectivity index (χ0v) is 20.2. The number of amides is 1. The van der Waals surface area contributed by atoms with Crippen molar-refractivity contribution in [3.05, 3.63) is 59.1 Å². The van der Waals surface area contributed by atoms with Crippen LogP contribution in [0.5, 0.6) is 5.75 Å². The average molecular weight is 477 g/mol. The average Bonchev–Trinajstić information content (AvgIpc) is 2.77. The highest BCUT2D eigenvalue weighted by Crippen LogP contribution is 2.43. The van der Waals surface area contributed by atoms with Crippen molar-refractivity contribution >= 4 is 27.5 Å². The fourth-order valence-corrected chi connectivity index (χ4v) is 6.35. The van der Waals surface area contributed by atoms with Gasteiger partial charge in [0.25, 0.3) is 0 Å². The Kier molecular flexibility index (Phi) is 6.03. The van der Waals surface area contributed by atoms with Crippen molar-refractivity contribution in [1.29, 1.82) is 0 Å². The van der Waals surface area contributed by atoms with Crippen molar-refractivity contribution in [1.82, 2.24) is 9.21 Å². The molecule has 172 valence electrons. The van der Waals surface area contributed by atoms with E-state index in [9.17, 15) is 13.2 Å². The van der Waals surface area contributed by atoms with Crippen LogP contribution in [0.25, 0.3) is 0 Å². The van der Waals surface area contributed by atoms with Crippen LogP contribution in [-0.4, -0.2) is 56.8 Å². The van der Waals surface area contributed by atoms with E-state index >= 15 is 0 Å². The zero-order chi connectivity index (χ0) is 23.1. The molecular formula is C24H29ClN2O4S.